The van der Waals surface area contributed by atoms with Crippen molar-refractivity contribution in [3.63, 3.8) is 0 Å². The normalized spacial score (nSPS) is 18.9. The predicted octanol–water partition coefficient (Wildman–Crippen LogP) is 1.83. The summed E-state index contributed by atoms with van der Waals surface area (Å²) in [5, 5.41) is 14.4. The SMILES string of the molecule is CC(CNC(=O)N[C@@H](C(=O)O)C(C)(C)C)C1CC1. The molecule has 0 saturated heterocycles. The molecule has 18 heavy (non-hydrogen) atoms. The first-order valence-electron chi connectivity index (χ1n) is 6.49. The van der Waals surface area contributed by atoms with Crippen molar-refractivity contribution in [1.82, 2.24) is 10.6 Å². The van der Waals surface area contributed by atoms with Gasteiger partial charge >= 0.3 is 12.0 Å². The van der Waals surface area contributed by atoms with E-state index in [2.05, 4.69) is 17.6 Å². The molecule has 0 aromatic rings. The van der Waals surface area contributed by atoms with Gasteiger partial charge in [0.05, 0.1) is 0 Å². The summed E-state index contributed by atoms with van der Waals surface area (Å²) in [5.41, 5.74) is -0.509. The van der Waals surface area contributed by atoms with E-state index in [-0.39, 0.29) is 0 Å². The Hall–Kier alpha value is -1.26. The number of hydrogen-bond donors (Lipinski definition) is 3. The maximum Gasteiger partial charge on any atom is 0.326 e. The molecule has 5 nitrogen and oxygen atoms in total. The van der Waals surface area contributed by atoms with Crippen LogP contribution in [-0.4, -0.2) is 29.7 Å². The van der Waals surface area contributed by atoms with Crippen LogP contribution < -0.4 is 10.6 Å². The summed E-state index contributed by atoms with van der Waals surface area (Å²) in [7, 11) is 0. The number of carboxylic acid groups (broad SMARTS) is 1. The lowest BCUT2D eigenvalue weighted by molar-refractivity contribution is -0.141. The number of rotatable bonds is 5. The second-order valence-corrected chi connectivity index (χ2v) is 6.31. The van der Waals surface area contributed by atoms with Crippen LogP contribution in [0.1, 0.15) is 40.5 Å². The number of aliphatic carboxylic acids is 1. The minimum atomic E-state index is -1.01. The Morgan fingerprint density at radius 1 is 1.33 bits per heavy atom. The Kier molecular flexibility index (Phi) is 4.59. The Morgan fingerprint density at radius 2 is 1.89 bits per heavy atom. The molecule has 0 aromatic heterocycles. The monoisotopic (exact) mass is 256 g/mol. The van der Waals surface area contributed by atoms with Crippen molar-refractivity contribution in [2.24, 2.45) is 17.3 Å². The van der Waals surface area contributed by atoms with Crippen molar-refractivity contribution in [3.8, 4) is 0 Å². The van der Waals surface area contributed by atoms with Gasteiger partial charge in [-0.15, -0.1) is 0 Å². The van der Waals surface area contributed by atoms with Crippen molar-refractivity contribution in [2.45, 2.75) is 46.6 Å². The van der Waals surface area contributed by atoms with Crippen LogP contribution in [0.4, 0.5) is 4.79 Å². The summed E-state index contributed by atoms with van der Waals surface area (Å²) in [6.07, 6.45) is 2.48. The maximum absolute atomic E-state index is 11.7. The highest BCUT2D eigenvalue weighted by Crippen LogP contribution is 2.36. The average molecular weight is 256 g/mol. The molecule has 0 heterocycles. The molecule has 0 spiro atoms. The zero-order valence-electron chi connectivity index (χ0n) is 11.6. The van der Waals surface area contributed by atoms with Gasteiger partial charge in [0.25, 0.3) is 0 Å². The molecule has 1 saturated carbocycles. The molecule has 3 N–H and O–H groups in total. The lowest BCUT2D eigenvalue weighted by atomic mass is 9.87. The van der Waals surface area contributed by atoms with Gasteiger partial charge in [-0.05, 0) is 30.1 Å². The predicted molar refractivity (Wildman–Crippen MR) is 69.3 cm³/mol. The van der Waals surface area contributed by atoms with Crippen LogP contribution in [-0.2, 0) is 4.79 Å². The minimum Gasteiger partial charge on any atom is -0.480 e. The van der Waals surface area contributed by atoms with E-state index in [9.17, 15) is 9.59 Å². The van der Waals surface area contributed by atoms with Crippen molar-refractivity contribution in [3.05, 3.63) is 0 Å². The Morgan fingerprint density at radius 3 is 2.28 bits per heavy atom. The van der Waals surface area contributed by atoms with Crippen LogP contribution in [0.3, 0.4) is 0 Å². The standard InChI is InChI=1S/C13H24N2O3/c1-8(9-5-6-9)7-14-12(18)15-10(11(16)17)13(2,3)4/h8-10H,5-7H2,1-4H3,(H,16,17)(H2,14,15,18)/t8?,10-/m0/s1. The Balaban J connectivity index is 2.39. The molecule has 1 aliphatic carbocycles. The van der Waals surface area contributed by atoms with Crippen molar-refractivity contribution < 1.29 is 14.7 Å². The first-order chi connectivity index (χ1) is 8.21. The van der Waals surface area contributed by atoms with Gasteiger partial charge in [-0.1, -0.05) is 27.7 Å². The molecule has 2 atom stereocenters. The van der Waals surface area contributed by atoms with E-state index >= 15 is 0 Å². The molecule has 1 unspecified atom stereocenters. The minimum absolute atomic E-state index is 0.398. The number of amides is 2. The van der Waals surface area contributed by atoms with Crippen molar-refractivity contribution in [2.75, 3.05) is 6.54 Å². The highest BCUT2D eigenvalue weighted by molar-refractivity contribution is 5.83. The fourth-order valence-electron chi connectivity index (χ4n) is 1.92. The van der Waals surface area contributed by atoms with Crippen LogP contribution in [0.15, 0.2) is 0 Å². The van der Waals surface area contributed by atoms with E-state index in [1.54, 1.807) is 20.8 Å². The van der Waals surface area contributed by atoms with Crippen molar-refractivity contribution >= 4 is 12.0 Å². The van der Waals surface area contributed by atoms with Gasteiger partial charge in [-0.3, -0.25) is 0 Å². The van der Waals surface area contributed by atoms with Crippen LogP contribution in [0, 0.1) is 17.3 Å². The molecule has 0 radical (unpaired) electrons. The molecule has 1 rings (SSSR count). The summed E-state index contributed by atoms with van der Waals surface area (Å²) in [4.78, 5) is 22.8. The Bertz CT molecular complexity index is 319. The van der Waals surface area contributed by atoms with Gasteiger partial charge in [-0.2, -0.15) is 0 Å². The third-order valence-electron chi connectivity index (χ3n) is 3.40. The summed E-state index contributed by atoms with van der Waals surface area (Å²) < 4.78 is 0. The van der Waals surface area contributed by atoms with Crippen molar-refractivity contribution in [1.29, 1.82) is 0 Å². The van der Waals surface area contributed by atoms with Crippen LogP contribution in [0.2, 0.25) is 0 Å². The first-order valence-corrected chi connectivity index (χ1v) is 6.49. The smallest absolute Gasteiger partial charge is 0.326 e. The summed E-state index contributed by atoms with van der Waals surface area (Å²) in [6, 6.07) is -1.28. The molecule has 0 aromatic carbocycles. The third-order valence-corrected chi connectivity index (χ3v) is 3.40. The number of nitrogens with one attached hydrogen (secondary N) is 2. The molecule has 0 aliphatic heterocycles. The molecular formula is C13H24N2O3. The van der Waals surface area contributed by atoms with Gasteiger partial charge in [0.15, 0.2) is 0 Å². The molecule has 1 fully saturated rings. The lowest BCUT2D eigenvalue weighted by Crippen LogP contribution is -2.52. The van der Waals surface area contributed by atoms with Crippen LogP contribution in [0.5, 0.6) is 0 Å². The molecular weight excluding hydrogens is 232 g/mol. The Labute approximate surface area is 108 Å². The van der Waals surface area contributed by atoms with E-state index in [0.29, 0.717) is 12.5 Å². The molecule has 104 valence electrons. The van der Waals surface area contributed by atoms with E-state index in [4.69, 9.17) is 5.11 Å². The summed E-state index contributed by atoms with van der Waals surface area (Å²) in [6.45, 7) is 8.08. The van der Waals surface area contributed by atoms with Gasteiger partial charge in [0.2, 0.25) is 0 Å². The van der Waals surface area contributed by atoms with Gasteiger partial charge in [0, 0.05) is 6.54 Å². The first kappa shape index (κ1) is 14.8. The maximum atomic E-state index is 11.7. The van der Waals surface area contributed by atoms with E-state index in [1.165, 1.54) is 12.8 Å². The van der Waals surface area contributed by atoms with E-state index in [0.717, 1.165) is 5.92 Å². The van der Waals surface area contributed by atoms with Crippen LogP contribution >= 0.6 is 0 Å². The van der Waals surface area contributed by atoms with Gasteiger partial charge < -0.3 is 15.7 Å². The van der Waals surface area contributed by atoms with Gasteiger partial charge in [-0.25, -0.2) is 9.59 Å². The zero-order valence-corrected chi connectivity index (χ0v) is 11.6. The second kappa shape index (κ2) is 5.59. The number of carboxylic acids is 1. The zero-order chi connectivity index (χ0) is 13.9. The molecule has 1 aliphatic rings. The van der Waals surface area contributed by atoms with Crippen LogP contribution in [0.25, 0.3) is 0 Å². The lowest BCUT2D eigenvalue weighted by Gasteiger charge is -2.28. The number of urea groups is 1. The molecule has 2 amide bonds. The number of hydrogen-bond acceptors (Lipinski definition) is 2. The van der Waals surface area contributed by atoms with E-state index in [1.807, 2.05) is 0 Å². The number of carbonyl (C=O) groups excluding carboxylic acids is 1. The number of carbonyl (C=O) groups is 2. The fourth-order valence-corrected chi connectivity index (χ4v) is 1.92. The quantitative estimate of drug-likeness (QED) is 0.702. The molecule has 0 bridgehead atoms. The average Bonchev–Trinajstić information content (AvgIpc) is 3.03. The topological polar surface area (TPSA) is 78.4 Å². The second-order valence-electron chi connectivity index (χ2n) is 6.31. The summed E-state index contributed by atoms with van der Waals surface area (Å²) in [5.74, 6) is 0.185. The van der Waals surface area contributed by atoms with E-state index < -0.39 is 23.5 Å². The van der Waals surface area contributed by atoms with Gasteiger partial charge in [0.1, 0.15) is 6.04 Å². The third kappa shape index (κ3) is 4.55. The highest BCUT2D eigenvalue weighted by Gasteiger charge is 2.33. The fraction of sp³-hybridized carbons (Fsp3) is 0.846. The molecule has 5 heteroatoms. The largest absolute Gasteiger partial charge is 0.480 e. The highest BCUT2D eigenvalue weighted by atomic mass is 16.4. The summed E-state index contributed by atoms with van der Waals surface area (Å²) >= 11 is 0.